The van der Waals surface area contributed by atoms with Crippen LogP contribution in [0.4, 0.5) is 0 Å². The molecule has 1 aliphatic rings. The van der Waals surface area contributed by atoms with Crippen molar-refractivity contribution >= 4 is 17.0 Å². The SMILES string of the molecule is Br.NCCc1ccc2c(c1)OCO2. The Bertz CT molecular complexity index is 291. The topological polar surface area (TPSA) is 44.5 Å². The average Bonchev–Trinajstić information content (AvgIpc) is 2.51. The first kappa shape index (κ1) is 10.3. The van der Waals surface area contributed by atoms with Gasteiger partial charge in [0.15, 0.2) is 11.5 Å². The molecule has 0 spiro atoms. The average molecular weight is 246 g/mol. The number of rotatable bonds is 2. The zero-order valence-electron chi connectivity index (χ0n) is 7.16. The van der Waals surface area contributed by atoms with Crippen molar-refractivity contribution in [3.63, 3.8) is 0 Å². The molecule has 0 aliphatic carbocycles. The molecule has 1 aromatic carbocycles. The van der Waals surface area contributed by atoms with Gasteiger partial charge in [0.2, 0.25) is 6.79 Å². The van der Waals surface area contributed by atoms with Crippen LogP contribution in [0.2, 0.25) is 0 Å². The van der Waals surface area contributed by atoms with Crippen molar-refractivity contribution in [2.45, 2.75) is 6.42 Å². The summed E-state index contributed by atoms with van der Waals surface area (Å²) >= 11 is 0. The van der Waals surface area contributed by atoms with Gasteiger partial charge in [-0.05, 0) is 30.7 Å². The van der Waals surface area contributed by atoms with Gasteiger partial charge in [-0.1, -0.05) is 6.07 Å². The second kappa shape index (κ2) is 4.48. The van der Waals surface area contributed by atoms with Crippen LogP contribution in [0.5, 0.6) is 11.5 Å². The zero-order chi connectivity index (χ0) is 8.39. The van der Waals surface area contributed by atoms with Gasteiger partial charge in [-0.15, -0.1) is 17.0 Å². The predicted molar refractivity (Wildman–Crippen MR) is 55.6 cm³/mol. The van der Waals surface area contributed by atoms with Crippen LogP contribution >= 0.6 is 17.0 Å². The quantitative estimate of drug-likeness (QED) is 0.859. The van der Waals surface area contributed by atoms with Crippen molar-refractivity contribution < 1.29 is 9.47 Å². The lowest BCUT2D eigenvalue weighted by Crippen LogP contribution is -2.02. The second-order valence-electron chi connectivity index (χ2n) is 2.73. The first-order valence-electron chi connectivity index (χ1n) is 3.99. The third-order valence-corrected chi connectivity index (χ3v) is 1.87. The lowest BCUT2D eigenvalue weighted by Gasteiger charge is -1.99. The number of hydrogen-bond acceptors (Lipinski definition) is 3. The Morgan fingerprint density at radius 1 is 1.23 bits per heavy atom. The van der Waals surface area contributed by atoms with E-state index in [1.165, 1.54) is 5.56 Å². The van der Waals surface area contributed by atoms with Crippen molar-refractivity contribution in [2.24, 2.45) is 5.73 Å². The van der Waals surface area contributed by atoms with Crippen LogP contribution in [0.1, 0.15) is 5.56 Å². The molecule has 0 saturated carbocycles. The number of fused-ring (bicyclic) bond motifs is 1. The highest BCUT2D eigenvalue weighted by atomic mass is 79.9. The van der Waals surface area contributed by atoms with Crippen LogP contribution in [0.3, 0.4) is 0 Å². The van der Waals surface area contributed by atoms with E-state index in [0.29, 0.717) is 13.3 Å². The third-order valence-electron chi connectivity index (χ3n) is 1.87. The van der Waals surface area contributed by atoms with Gasteiger partial charge in [-0.3, -0.25) is 0 Å². The molecule has 0 aromatic heterocycles. The molecule has 1 aromatic rings. The van der Waals surface area contributed by atoms with Crippen molar-refractivity contribution in [1.82, 2.24) is 0 Å². The molecular weight excluding hydrogens is 234 g/mol. The number of benzene rings is 1. The van der Waals surface area contributed by atoms with Gasteiger partial charge >= 0.3 is 0 Å². The fourth-order valence-electron chi connectivity index (χ4n) is 1.26. The fraction of sp³-hybridized carbons (Fsp3) is 0.333. The third kappa shape index (κ3) is 2.14. The highest BCUT2D eigenvalue weighted by Crippen LogP contribution is 2.32. The molecule has 0 amide bonds. The van der Waals surface area contributed by atoms with Gasteiger partial charge in [0.05, 0.1) is 0 Å². The monoisotopic (exact) mass is 245 g/mol. The fourth-order valence-corrected chi connectivity index (χ4v) is 1.26. The van der Waals surface area contributed by atoms with E-state index in [0.717, 1.165) is 17.9 Å². The summed E-state index contributed by atoms with van der Waals surface area (Å²) in [5.74, 6) is 1.66. The van der Waals surface area contributed by atoms with Crippen molar-refractivity contribution in [3.05, 3.63) is 23.8 Å². The first-order valence-corrected chi connectivity index (χ1v) is 3.99. The molecule has 0 atom stereocenters. The Labute approximate surface area is 87.6 Å². The predicted octanol–water partition coefficient (Wildman–Crippen LogP) is 1.49. The Hall–Kier alpha value is -0.740. The van der Waals surface area contributed by atoms with Gasteiger partial charge < -0.3 is 15.2 Å². The maximum atomic E-state index is 5.43. The van der Waals surface area contributed by atoms with E-state index < -0.39 is 0 Å². The van der Waals surface area contributed by atoms with Crippen LogP contribution in [0, 0.1) is 0 Å². The zero-order valence-corrected chi connectivity index (χ0v) is 8.87. The summed E-state index contributed by atoms with van der Waals surface area (Å²) in [6.45, 7) is 1.00. The summed E-state index contributed by atoms with van der Waals surface area (Å²) in [5.41, 5.74) is 6.63. The molecule has 4 heteroatoms. The number of hydrogen-bond donors (Lipinski definition) is 1. The van der Waals surface area contributed by atoms with Crippen LogP contribution in [-0.4, -0.2) is 13.3 Å². The molecule has 2 N–H and O–H groups in total. The minimum Gasteiger partial charge on any atom is -0.454 e. The highest BCUT2D eigenvalue weighted by molar-refractivity contribution is 8.93. The van der Waals surface area contributed by atoms with Gasteiger partial charge in [-0.2, -0.15) is 0 Å². The molecule has 3 nitrogen and oxygen atoms in total. The normalized spacial score (nSPS) is 12.4. The summed E-state index contributed by atoms with van der Waals surface area (Å²) in [7, 11) is 0. The summed E-state index contributed by atoms with van der Waals surface area (Å²) in [6.07, 6.45) is 0.886. The van der Waals surface area contributed by atoms with E-state index >= 15 is 0 Å². The molecule has 72 valence electrons. The maximum Gasteiger partial charge on any atom is 0.231 e. The van der Waals surface area contributed by atoms with Crippen molar-refractivity contribution in [1.29, 1.82) is 0 Å². The summed E-state index contributed by atoms with van der Waals surface area (Å²) < 4.78 is 10.4. The Morgan fingerprint density at radius 2 is 2.00 bits per heavy atom. The molecule has 0 saturated heterocycles. The van der Waals surface area contributed by atoms with Gasteiger partial charge in [-0.25, -0.2) is 0 Å². The number of ether oxygens (including phenoxy) is 2. The first-order chi connectivity index (χ1) is 5.90. The molecule has 13 heavy (non-hydrogen) atoms. The lowest BCUT2D eigenvalue weighted by atomic mass is 10.1. The lowest BCUT2D eigenvalue weighted by molar-refractivity contribution is 0.174. The van der Waals surface area contributed by atoms with E-state index in [1.807, 2.05) is 18.2 Å². The molecule has 0 unspecified atom stereocenters. The van der Waals surface area contributed by atoms with Crippen molar-refractivity contribution in [2.75, 3.05) is 13.3 Å². The maximum absolute atomic E-state index is 5.43. The second-order valence-corrected chi connectivity index (χ2v) is 2.73. The van der Waals surface area contributed by atoms with Gasteiger partial charge in [0.25, 0.3) is 0 Å². The van der Waals surface area contributed by atoms with E-state index in [9.17, 15) is 0 Å². The van der Waals surface area contributed by atoms with Crippen LogP contribution in [0.15, 0.2) is 18.2 Å². The van der Waals surface area contributed by atoms with Crippen molar-refractivity contribution in [3.8, 4) is 11.5 Å². The Morgan fingerprint density at radius 3 is 2.77 bits per heavy atom. The van der Waals surface area contributed by atoms with Crippen LogP contribution < -0.4 is 15.2 Å². The minimum absolute atomic E-state index is 0. The summed E-state index contributed by atoms with van der Waals surface area (Å²) in [6, 6.07) is 5.92. The van der Waals surface area contributed by atoms with Crippen LogP contribution in [-0.2, 0) is 6.42 Å². The van der Waals surface area contributed by atoms with Gasteiger partial charge in [0.1, 0.15) is 0 Å². The minimum atomic E-state index is 0. The number of halogens is 1. The largest absolute Gasteiger partial charge is 0.454 e. The summed E-state index contributed by atoms with van der Waals surface area (Å²) in [4.78, 5) is 0. The van der Waals surface area contributed by atoms with Crippen LogP contribution in [0.25, 0.3) is 0 Å². The number of nitrogens with two attached hydrogens (primary N) is 1. The van der Waals surface area contributed by atoms with E-state index in [4.69, 9.17) is 15.2 Å². The Balaban J connectivity index is 0.000000845. The van der Waals surface area contributed by atoms with E-state index in [-0.39, 0.29) is 17.0 Å². The standard InChI is InChI=1S/C9H11NO2.BrH/c10-4-3-7-1-2-8-9(5-7)12-6-11-8;/h1-2,5H,3-4,6,10H2;1H. The van der Waals surface area contributed by atoms with E-state index in [1.54, 1.807) is 0 Å². The molecule has 1 heterocycles. The molecule has 0 bridgehead atoms. The molecule has 2 rings (SSSR count). The van der Waals surface area contributed by atoms with Gasteiger partial charge in [0, 0.05) is 0 Å². The molecule has 0 radical (unpaired) electrons. The molecular formula is C9H12BrNO2. The smallest absolute Gasteiger partial charge is 0.231 e. The summed E-state index contributed by atoms with van der Waals surface area (Å²) in [5, 5.41) is 0. The van der Waals surface area contributed by atoms with E-state index in [2.05, 4.69) is 0 Å². The Kier molecular flexibility index (Phi) is 3.57. The molecule has 0 fully saturated rings. The molecule has 1 aliphatic heterocycles. The highest BCUT2D eigenvalue weighted by Gasteiger charge is 2.12.